The first-order valence-corrected chi connectivity index (χ1v) is 34.3. The Bertz CT molecular complexity index is 1500. The summed E-state index contributed by atoms with van der Waals surface area (Å²) in [6.07, 6.45) is 55.6. The fourth-order valence-electron chi connectivity index (χ4n) is 10.8. The molecule has 0 aromatic carbocycles. The summed E-state index contributed by atoms with van der Waals surface area (Å²) >= 11 is 0. The molecule has 0 radical (unpaired) electrons. The number of aliphatic hydroxyl groups excluding tert-OH is 2. The minimum absolute atomic E-state index is 0.0682. The maximum Gasteiger partial charge on any atom is 0.335 e. The van der Waals surface area contributed by atoms with E-state index in [9.17, 15) is 34.5 Å². The number of aliphatic hydroxyl groups is 2. The van der Waals surface area contributed by atoms with Crippen LogP contribution in [0, 0.1) is 0 Å². The molecule has 0 spiro atoms. The molecule has 6 unspecified atom stereocenters. The smallest absolute Gasteiger partial charge is 0.335 e. The van der Waals surface area contributed by atoms with E-state index in [1.54, 1.807) is 0 Å². The molecule has 1 rings (SSSR count). The van der Waals surface area contributed by atoms with Gasteiger partial charge in [-0.15, -0.1) is 0 Å². The summed E-state index contributed by atoms with van der Waals surface area (Å²) in [5, 5.41) is 31.6. The lowest BCUT2D eigenvalue weighted by molar-refractivity contribution is -0.301. The average molecular weight is 1150 g/mol. The Morgan fingerprint density at radius 1 is 0.407 bits per heavy atom. The van der Waals surface area contributed by atoms with Gasteiger partial charge in [-0.05, 0) is 51.4 Å². The van der Waals surface area contributed by atoms with Crippen molar-refractivity contribution in [2.24, 2.45) is 0 Å². The number of hydrogen-bond donors (Lipinski definition) is 3. The molecule has 1 fully saturated rings. The Morgan fingerprint density at radius 3 is 1.14 bits per heavy atom. The van der Waals surface area contributed by atoms with Crippen LogP contribution in [0.15, 0.2) is 24.3 Å². The van der Waals surface area contributed by atoms with Crippen LogP contribution in [-0.4, -0.2) is 89.2 Å². The van der Waals surface area contributed by atoms with Gasteiger partial charge >= 0.3 is 23.9 Å². The Balaban J connectivity index is 2.62. The molecule has 1 saturated heterocycles. The number of carboxylic acid groups (broad SMARTS) is 1. The Kier molecular flexibility index (Phi) is 54.2. The van der Waals surface area contributed by atoms with E-state index in [0.717, 1.165) is 70.6 Å². The minimum atomic E-state index is -1.90. The van der Waals surface area contributed by atoms with Crippen molar-refractivity contribution in [3.05, 3.63) is 24.3 Å². The molecule has 12 nitrogen and oxygen atoms in total. The topological polar surface area (TPSA) is 175 Å². The van der Waals surface area contributed by atoms with Crippen LogP contribution < -0.4 is 0 Å². The molecule has 474 valence electrons. The summed E-state index contributed by atoms with van der Waals surface area (Å²) < 4.78 is 28.6. The van der Waals surface area contributed by atoms with Gasteiger partial charge in [0.25, 0.3) is 0 Å². The summed E-state index contributed by atoms with van der Waals surface area (Å²) in [4.78, 5) is 51.4. The van der Waals surface area contributed by atoms with Crippen LogP contribution in [0.3, 0.4) is 0 Å². The van der Waals surface area contributed by atoms with Gasteiger partial charge in [0.15, 0.2) is 24.6 Å². The van der Waals surface area contributed by atoms with E-state index in [4.69, 9.17) is 23.7 Å². The third kappa shape index (κ3) is 47.2. The molecular weight excluding hydrogens is 1020 g/mol. The molecule has 3 N–H and O–H groups in total. The van der Waals surface area contributed by atoms with Crippen LogP contribution in [0.1, 0.15) is 342 Å². The highest BCUT2D eigenvalue weighted by atomic mass is 16.7. The number of allylic oxidation sites excluding steroid dienone is 4. The Hall–Kier alpha value is -2.80. The largest absolute Gasteiger partial charge is 0.479 e. The van der Waals surface area contributed by atoms with Crippen LogP contribution in [0.4, 0.5) is 0 Å². The number of hydrogen-bond acceptors (Lipinski definition) is 11. The van der Waals surface area contributed by atoms with Crippen molar-refractivity contribution in [3.63, 3.8) is 0 Å². The molecule has 0 aliphatic carbocycles. The second kappa shape index (κ2) is 57.6. The number of ether oxygens (including phenoxy) is 5. The molecular formula is C69H126O12. The first kappa shape index (κ1) is 76.2. The molecule has 0 saturated carbocycles. The zero-order chi connectivity index (χ0) is 58.9. The van der Waals surface area contributed by atoms with Gasteiger partial charge in [-0.3, -0.25) is 14.4 Å². The molecule has 1 aliphatic rings. The third-order valence-electron chi connectivity index (χ3n) is 16.0. The Labute approximate surface area is 496 Å². The summed E-state index contributed by atoms with van der Waals surface area (Å²) in [5.74, 6) is -3.08. The summed E-state index contributed by atoms with van der Waals surface area (Å²) in [7, 11) is 0. The average Bonchev–Trinajstić information content (AvgIpc) is 3.53. The molecule has 1 heterocycles. The maximum absolute atomic E-state index is 13.2. The number of esters is 3. The lowest BCUT2D eigenvalue weighted by Gasteiger charge is -2.40. The highest BCUT2D eigenvalue weighted by Gasteiger charge is 2.50. The zero-order valence-corrected chi connectivity index (χ0v) is 52.6. The van der Waals surface area contributed by atoms with Crippen LogP contribution in [0.25, 0.3) is 0 Å². The lowest BCUT2D eigenvalue weighted by atomic mass is 9.98. The van der Waals surface area contributed by atoms with Crippen molar-refractivity contribution >= 4 is 23.9 Å². The predicted octanol–water partition coefficient (Wildman–Crippen LogP) is 18.6. The van der Waals surface area contributed by atoms with E-state index in [0.29, 0.717) is 19.3 Å². The van der Waals surface area contributed by atoms with Crippen LogP contribution in [0.2, 0.25) is 0 Å². The van der Waals surface area contributed by atoms with Crippen molar-refractivity contribution in [1.29, 1.82) is 0 Å². The van der Waals surface area contributed by atoms with Gasteiger partial charge < -0.3 is 39.0 Å². The maximum atomic E-state index is 13.2. The second-order valence-corrected chi connectivity index (χ2v) is 23.8. The van der Waals surface area contributed by atoms with E-state index in [2.05, 4.69) is 45.1 Å². The van der Waals surface area contributed by atoms with Gasteiger partial charge in [0.2, 0.25) is 0 Å². The molecule has 6 atom stereocenters. The number of carboxylic acids is 1. The predicted molar refractivity (Wildman–Crippen MR) is 331 cm³/mol. The quantitative estimate of drug-likeness (QED) is 0.0228. The van der Waals surface area contributed by atoms with E-state index in [1.165, 1.54) is 212 Å². The van der Waals surface area contributed by atoms with Crippen LogP contribution >= 0.6 is 0 Å². The highest BCUT2D eigenvalue weighted by molar-refractivity contribution is 5.74. The number of unbranched alkanes of at least 4 members (excludes halogenated alkanes) is 42. The van der Waals surface area contributed by atoms with E-state index in [1.807, 2.05) is 0 Å². The highest BCUT2D eigenvalue weighted by Crippen LogP contribution is 2.27. The van der Waals surface area contributed by atoms with Gasteiger partial charge in [0.1, 0.15) is 18.8 Å². The first-order chi connectivity index (χ1) is 39.6. The molecule has 1 aliphatic heterocycles. The van der Waals surface area contributed by atoms with Gasteiger partial charge in [0, 0.05) is 19.3 Å². The van der Waals surface area contributed by atoms with Crippen molar-refractivity contribution in [2.45, 2.75) is 379 Å². The molecule has 0 bridgehead atoms. The zero-order valence-electron chi connectivity index (χ0n) is 52.6. The fourth-order valence-corrected chi connectivity index (χ4v) is 10.8. The third-order valence-corrected chi connectivity index (χ3v) is 16.0. The minimum Gasteiger partial charge on any atom is -0.479 e. The first-order valence-electron chi connectivity index (χ1n) is 34.3. The monoisotopic (exact) mass is 1150 g/mol. The van der Waals surface area contributed by atoms with Gasteiger partial charge in [-0.1, -0.05) is 295 Å². The fraction of sp³-hybridized carbons (Fsp3) is 0.884. The Morgan fingerprint density at radius 2 is 0.741 bits per heavy atom. The van der Waals surface area contributed by atoms with Crippen molar-refractivity contribution in [2.75, 3.05) is 13.2 Å². The number of rotatable bonds is 60. The molecule has 81 heavy (non-hydrogen) atoms. The van der Waals surface area contributed by atoms with Crippen LogP contribution in [-0.2, 0) is 42.9 Å². The van der Waals surface area contributed by atoms with Crippen molar-refractivity contribution < 1.29 is 58.2 Å². The van der Waals surface area contributed by atoms with Crippen LogP contribution in [0.5, 0.6) is 0 Å². The second-order valence-electron chi connectivity index (χ2n) is 23.8. The lowest BCUT2D eigenvalue weighted by Crippen LogP contribution is -2.61. The van der Waals surface area contributed by atoms with Gasteiger partial charge in [-0.2, -0.15) is 0 Å². The molecule has 0 aromatic heterocycles. The SMILES string of the molecule is CCCCC/C=C\C/C=C\CCCCCCCCCCCC(=O)OCC(COC1OC(C(=O)O)C(O)C(O)C1OC(=O)CCCCCCCCCCCCCCCCCCC)OC(=O)CCCCCCCCCCCCCCCCC. The summed E-state index contributed by atoms with van der Waals surface area (Å²) in [6, 6.07) is 0. The van der Waals surface area contributed by atoms with Crippen molar-refractivity contribution in [3.8, 4) is 0 Å². The number of aliphatic carboxylic acids is 1. The normalized spacial score (nSPS) is 17.8. The van der Waals surface area contributed by atoms with Gasteiger partial charge in [-0.25, -0.2) is 4.79 Å². The molecule has 12 heteroatoms. The van der Waals surface area contributed by atoms with E-state index >= 15 is 0 Å². The molecule has 0 amide bonds. The number of carbonyl (C=O) groups is 4. The standard InChI is InChI=1S/C69H126O12/c1-4-7-10-13-16-19-22-25-28-30-31-33-35-37-40-43-46-49-52-55-61(70)77-58-60(79-62(71)56-53-50-47-44-41-38-34-27-24-21-18-15-12-9-6-3)59-78-69-67(65(74)64(73)66(81-69)68(75)76)80-63(72)57-54-51-48-45-42-39-36-32-29-26-23-20-17-14-11-8-5-2/h16,19,25,28,60,64-67,69,73-74H,4-15,17-18,20-24,26-27,29-59H2,1-3H3,(H,75,76)/b19-16-,28-25-. The summed E-state index contributed by atoms with van der Waals surface area (Å²) in [5.41, 5.74) is 0. The number of carbonyl (C=O) groups excluding carboxylic acids is 3. The molecule has 0 aromatic rings. The van der Waals surface area contributed by atoms with Crippen molar-refractivity contribution in [1.82, 2.24) is 0 Å². The van der Waals surface area contributed by atoms with E-state index in [-0.39, 0.29) is 25.9 Å². The van der Waals surface area contributed by atoms with Gasteiger partial charge in [0.05, 0.1) is 6.61 Å². The van der Waals surface area contributed by atoms with E-state index < -0.39 is 67.3 Å². The summed E-state index contributed by atoms with van der Waals surface area (Å²) in [6.45, 7) is 6.04.